The molecule has 3 aromatic carbocycles. The Bertz CT molecular complexity index is 1400. The Kier molecular flexibility index (Phi) is 3.69. The van der Waals surface area contributed by atoms with Crippen molar-refractivity contribution in [2.45, 2.75) is 19.6 Å². The average Bonchev–Trinajstić information content (AvgIpc) is 3.09. The molecular weight excluding hydrogens is 408 g/mol. The molecule has 28 heavy (non-hydrogen) atoms. The molecule has 134 valence electrons. The van der Waals surface area contributed by atoms with Crippen LogP contribution < -0.4 is 0 Å². The molecule has 0 fully saturated rings. The second kappa shape index (κ2) is 6.27. The minimum absolute atomic E-state index is 0.188. The van der Waals surface area contributed by atoms with Crippen molar-refractivity contribution >= 4 is 57.2 Å². The summed E-state index contributed by atoms with van der Waals surface area (Å²) in [4.78, 5) is 13.9. The Morgan fingerprint density at radius 1 is 0.750 bits per heavy atom. The van der Waals surface area contributed by atoms with Crippen molar-refractivity contribution in [3.63, 3.8) is 0 Å². The summed E-state index contributed by atoms with van der Waals surface area (Å²) in [5, 5.41) is 2.08. The maximum atomic E-state index is 6.27. The zero-order valence-corrected chi connectivity index (χ0v) is 16.7. The molecule has 1 aliphatic heterocycles. The lowest BCUT2D eigenvalue weighted by Crippen LogP contribution is -1.95. The lowest BCUT2D eigenvalue weighted by Gasteiger charge is -2.20. The molecule has 3 heterocycles. The van der Waals surface area contributed by atoms with Crippen molar-refractivity contribution in [2.24, 2.45) is 0 Å². The van der Waals surface area contributed by atoms with E-state index in [0.717, 1.165) is 27.6 Å². The SMILES string of the molecule is Clc1nc(-c2cccc3c2Sc2ccccc2S3)c2c(n1)oc1ccccc12. The number of nitrogens with zero attached hydrogens (tertiary/aromatic N) is 2. The van der Waals surface area contributed by atoms with Gasteiger partial charge in [-0.3, -0.25) is 0 Å². The third kappa shape index (κ3) is 2.47. The standard InChI is InChI=1S/C22H11ClN2OS2/c23-22-24-19(18-12-6-1-2-8-14(12)26-21(18)25-22)13-7-5-11-17-20(13)28-16-10-4-3-9-15(16)27-17/h1-11H. The minimum atomic E-state index is 0.188. The fourth-order valence-electron chi connectivity index (χ4n) is 3.53. The van der Waals surface area contributed by atoms with Gasteiger partial charge < -0.3 is 4.42 Å². The number of halogens is 1. The van der Waals surface area contributed by atoms with Gasteiger partial charge in [-0.25, -0.2) is 4.98 Å². The van der Waals surface area contributed by atoms with Gasteiger partial charge in [0.1, 0.15) is 5.58 Å². The topological polar surface area (TPSA) is 38.9 Å². The lowest BCUT2D eigenvalue weighted by atomic mass is 10.1. The van der Waals surface area contributed by atoms with Crippen LogP contribution in [0.25, 0.3) is 33.3 Å². The number of hydrogen-bond acceptors (Lipinski definition) is 5. The molecule has 5 aromatic rings. The molecule has 0 saturated heterocycles. The highest BCUT2D eigenvalue weighted by molar-refractivity contribution is 8.05. The maximum Gasteiger partial charge on any atom is 0.232 e. The Morgan fingerprint density at radius 3 is 2.39 bits per heavy atom. The smallest absolute Gasteiger partial charge is 0.232 e. The Hall–Kier alpha value is -2.47. The van der Waals surface area contributed by atoms with Crippen molar-refractivity contribution in [3.05, 3.63) is 72.0 Å². The van der Waals surface area contributed by atoms with E-state index >= 15 is 0 Å². The second-order valence-electron chi connectivity index (χ2n) is 6.40. The molecule has 1 aliphatic rings. The minimum Gasteiger partial charge on any atom is -0.438 e. The first kappa shape index (κ1) is 16.5. The van der Waals surface area contributed by atoms with Crippen LogP contribution in [0.15, 0.2) is 90.7 Å². The van der Waals surface area contributed by atoms with E-state index in [1.165, 1.54) is 19.6 Å². The quantitative estimate of drug-likeness (QED) is 0.262. The highest BCUT2D eigenvalue weighted by Gasteiger charge is 2.24. The van der Waals surface area contributed by atoms with Gasteiger partial charge in [0, 0.05) is 30.5 Å². The van der Waals surface area contributed by atoms with Crippen LogP contribution in [0.3, 0.4) is 0 Å². The average molecular weight is 419 g/mol. The summed E-state index contributed by atoms with van der Waals surface area (Å²) in [7, 11) is 0. The molecular formula is C22H11ClN2OS2. The van der Waals surface area contributed by atoms with E-state index in [0.29, 0.717) is 5.71 Å². The molecule has 6 rings (SSSR count). The van der Waals surface area contributed by atoms with Crippen LogP contribution in [-0.2, 0) is 0 Å². The molecule has 0 saturated carbocycles. The zero-order chi connectivity index (χ0) is 18.7. The van der Waals surface area contributed by atoms with E-state index in [9.17, 15) is 0 Å². The number of hydrogen-bond donors (Lipinski definition) is 0. The van der Waals surface area contributed by atoms with Crippen LogP contribution in [0.2, 0.25) is 5.28 Å². The molecule has 0 bridgehead atoms. The largest absolute Gasteiger partial charge is 0.438 e. The van der Waals surface area contributed by atoms with Crippen LogP contribution in [0.4, 0.5) is 0 Å². The second-order valence-corrected chi connectivity index (χ2v) is 8.88. The fraction of sp³-hybridized carbons (Fsp3) is 0. The van der Waals surface area contributed by atoms with Crippen LogP contribution >= 0.6 is 35.1 Å². The van der Waals surface area contributed by atoms with Gasteiger partial charge in [-0.15, -0.1) is 0 Å². The van der Waals surface area contributed by atoms with E-state index in [-0.39, 0.29) is 5.28 Å². The summed E-state index contributed by atoms with van der Waals surface area (Å²) >= 11 is 9.83. The maximum absolute atomic E-state index is 6.27. The molecule has 0 amide bonds. The van der Waals surface area contributed by atoms with Crippen molar-refractivity contribution in [2.75, 3.05) is 0 Å². The van der Waals surface area contributed by atoms with E-state index < -0.39 is 0 Å². The molecule has 2 aromatic heterocycles. The third-order valence-corrected chi connectivity index (χ3v) is 7.51. The van der Waals surface area contributed by atoms with Gasteiger partial charge in [-0.05, 0) is 35.9 Å². The van der Waals surface area contributed by atoms with E-state index in [1.54, 1.807) is 23.5 Å². The molecule has 0 unspecified atom stereocenters. The predicted molar refractivity (Wildman–Crippen MR) is 114 cm³/mol. The lowest BCUT2D eigenvalue weighted by molar-refractivity contribution is 0.653. The molecule has 6 heteroatoms. The molecule has 0 N–H and O–H groups in total. The fourth-order valence-corrected chi connectivity index (χ4v) is 6.07. The van der Waals surface area contributed by atoms with Crippen molar-refractivity contribution in [1.82, 2.24) is 9.97 Å². The summed E-state index contributed by atoms with van der Waals surface area (Å²) in [6.07, 6.45) is 0. The van der Waals surface area contributed by atoms with E-state index in [2.05, 4.69) is 52.4 Å². The zero-order valence-electron chi connectivity index (χ0n) is 14.3. The van der Waals surface area contributed by atoms with Crippen molar-refractivity contribution in [1.29, 1.82) is 0 Å². The number of aromatic nitrogens is 2. The number of para-hydroxylation sites is 1. The highest BCUT2D eigenvalue weighted by Crippen LogP contribution is 2.52. The Labute approximate surface area is 174 Å². The van der Waals surface area contributed by atoms with Gasteiger partial charge in [0.15, 0.2) is 0 Å². The summed E-state index contributed by atoms with van der Waals surface area (Å²) < 4.78 is 5.95. The first-order valence-corrected chi connectivity index (χ1v) is 10.7. The summed E-state index contributed by atoms with van der Waals surface area (Å²) in [6.45, 7) is 0. The van der Waals surface area contributed by atoms with Gasteiger partial charge in [0.05, 0.1) is 11.1 Å². The molecule has 0 spiro atoms. The summed E-state index contributed by atoms with van der Waals surface area (Å²) in [5.74, 6) is 0. The van der Waals surface area contributed by atoms with Crippen molar-refractivity contribution in [3.8, 4) is 11.3 Å². The molecule has 0 radical (unpaired) electrons. The van der Waals surface area contributed by atoms with Crippen LogP contribution in [0.1, 0.15) is 0 Å². The number of furan rings is 1. The van der Waals surface area contributed by atoms with Crippen LogP contribution in [0, 0.1) is 0 Å². The summed E-state index contributed by atoms with van der Waals surface area (Å²) in [6, 6.07) is 22.7. The monoisotopic (exact) mass is 418 g/mol. The Balaban J connectivity index is 1.66. The number of fused-ring (bicyclic) bond motifs is 5. The van der Waals surface area contributed by atoms with E-state index in [4.69, 9.17) is 16.0 Å². The first-order chi connectivity index (χ1) is 13.8. The normalized spacial score (nSPS) is 12.9. The van der Waals surface area contributed by atoms with Gasteiger partial charge >= 0.3 is 0 Å². The van der Waals surface area contributed by atoms with Gasteiger partial charge in [-0.1, -0.05) is 66.0 Å². The molecule has 0 atom stereocenters. The molecule has 3 nitrogen and oxygen atoms in total. The van der Waals surface area contributed by atoms with Gasteiger partial charge in [-0.2, -0.15) is 4.98 Å². The predicted octanol–water partition coefficient (Wildman–Crippen LogP) is 7.31. The Morgan fingerprint density at radius 2 is 1.50 bits per heavy atom. The van der Waals surface area contributed by atoms with Crippen LogP contribution in [0.5, 0.6) is 0 Å². The van der Waals surface area contributed by atoms with Gasteiger partial charge in [0.2, 0.25) is 11.0 Å². The first-order valence-electron chi connectivity index (χ1n) is 8.71. The van der Waals surface area contributed by atoms with Gasteiger partial charge in [0.25, 0.3) is 0 Å². The molecule has 0 aliphatic carbocycles. The number of benzene rings is 3. The van der Waals surface area contributed by atoms with E-state index in [1.807, 2.05) is 24.3 Å². The van der Waals surface area contributed by atoms with Crippen LogP contribution in [-0.4, -0.2) is 9.97 Å². The summed E-state index contributed by atoms with van der Waals surface area (Å²) in [5.41, 5.74) is 3.16. The number of rotatable bonds is 1. The van der Waals surface area contributed by atoms with Crippen molar-refractivity contribution < 1.29 is 4.42 Å². The third-order valence-electron chi connectivity index (χ3n) is 4.73. The highest BCUT2D eigenvalue weighted by atomic mass is 35.5.